The van der Waals surface area contributed by atoms with E-state index in [-0.39, 0.29) is 36.4 Å². The first-order valence-electron chi connectivity index (χ1n) is 11.1. The molecule has 2 aliphatic carbocycles. The lowest BCUT2D eigenvalue weighted by molar-refractivity contribution is -0.138. The zero-order chi connectivity index (χ0) is 20.2. The number of likely N-dealkylation sites (tertiary alicyclic amines) is 1. The monoisotopic (exact) mass is 399 g/mol. The Balaban J connectivity index is 1.29. The Labute approximate surface area is 173 Å². The van der Waals surface area contributed by atoms with Crippen molar-refractivity contribution in [3.05, 3.63) is 30.3 Å². The van der Waals surface area contributed by atoms with Crippen LogP contribution in [0.1, 0.15) is 44.9 Å². The van der Waals surface area contributed by atoms with Crippen LogP contribution >= 0.6 is 0 Å². The lowest BCUT2D eigenvalue weighted by Crippen LogP contribution is -2.56. The number of hydrogen-bond donors (Lipinski definition) is 2. The minimum absolute atomic E-state index is 0.0169. The quantitative estimate of drug-likeness (QED) is 0.796. The largest absolute Gasteiger partial charge is 0.484 e. The number of hydrogen-bond acceptors (Lipinski definition) is 4. The molecule has 3 fully saturated rings. The minimum Gasteiger partial charge on any atom is -0.484 e. The Morgan fingerprint density at radius 3 is 2.52 bits per heavy atom. The van der Waals surface area contributed by atoms with Crippen molar-refractivity contribution >= 4 is 11.8 Å². The maximum Gasteiger partial charge on any atom is 0.260 e. The summed E-state index contributed by atoms with van der Waals surface area (Å²) in [5.41, 5.74) is 6.21. The van der Waals surface area contributed by atoms with Crippen LogP contribution in [0.2, 0.25) is 0 Å². The minimum atomic E-state index is -0.124. The van der Waals surface area contributed by atoms with Gasteiger partial charge in [-0.2, -0.15) is 0 Å². The highest BCUT2D eigenvalue weighted by Gasteiger charge is 2.41. The third kappa shape index (κ3) is 4.92. The predicted molar refractivity (Wildman–Crippen MR) is 111 cm³/mol. The standard InChI is InChI=1S/C23H33N3O3/c24-19-12-16-6-4-7-17(13-19)22(16)25-23(28)18-8-5-11-26(14-18)21(27)15-29-20-9-2-1-3-10-20/h1-3,9-10,16-19,22H,4-8,11-15,24H2,(H,25,28). The summed E-state index contributed by atoms with van der Waals surface area (Å²) in [4.78, 5) is 27.4. The molecule has 2 bridgehead atoms. The summed E-state index contributed by atoms with van der Waals surface area (Å²) in [5.74, 6) is 1.66. The molecule has 0 aromatic heterocycles. The van der Waals surface area contributed by atoms with Gasteiger partial charge in [0.15, 0.2) is 6.61 Å². The number of fused-ring (bicyclic) bond motifs is 2. The summed E-state index contributed by atoms with van der Waals surface area (Å²) < 4.78 is 5.59. The van der Waals surface area contributed by atoms with E-state index in [4.69, 9.17) is 10.5 Å². The Morgan fingerprint density at radius 2 is 1.79 bits per heavy atom. The molecular weight excluding hydrogens is 366 g/mol. The van der Waals surface area contributed by atoms with Gasteiger partial charge in [0.25, 0.3) is 5.91 Å². The fourth-order valence-corrected chi connectivity index (χ4v) is 5.48. The zero-order valence-corrected chi connectivity index (χ0v) is 17.1. The van der Waals surface area contributed by atoms with Gasteiger partial charge in [0.05, 0.1) is 5.92 Å². The molecule has 3 atom stereocenters. The number of carbonyl (C=O) groups excluding carboxylic acids is 2. The van der Waals surface area contributed by atoms with Gasteiger partial charge >= 0.3 is 0 Å². The fourth-order valence-electron chi connectivity index (χ4n) is 5.48. The first-order valence-corrected chi connectivity index (χ1v) is 11.1. The highest BCUT2D eigenvalue weighted by Crippen LogP contribution is 2.39. The molecule has 3 N–H and O–H groups in total. The third-order valence-corrected chi connectivity index (χ3v) is 6.94. The molecule has 0 spiro atoms. The van der Waals surface area contributed by atoms with Crippen molar-refractivity contribution in [2.75, 3.05) is 19.7 Å². The Morgan fingerprint density at radius 1 is 1.07 bits per heavy atom. The third-order valence-electron chi connectivity index (χ3n) is 6.94. The van der Waals surface area contributed by atoms with Crippen LogP contribution in [-0.4, -0.2) is 48.5 Å². The second kappa shape index (κ2) is 9.16. The molecule has 4 rings (SSSR count). The zero-order valence-electron chi connectivity index (χ0n) is 17.1. The lowest BCUT2D eigenvalue weighted by atomic mass is 9.67. The van der Waals surface area contributed by atoms with Gasteiger partial charge in [-0.15, -0.1) is 0 Å². The van der Waals surface area contributed by atoms with Crippen molar-refractivity contribution in [3.8, 4) is 5.75 Å². The molecule has 1 aromatic carbocycles. The number of carbonyl (C=O) groups is 2. The van der Waals surface area contributed by atoms with E-state index in [9.17, 15) is 9.59 Å². The average Bonchev–Trinajstić information content (AvgIpc) is 2.73. The van der Waals surface area contributed by atoms with Crippen LogP contribution in [0.25, 0.3) is 0 Å². The number of piperidine rings is 1. The van der Waals surface area contributed by atoms with Gasteiger partial charge in [-0.1, -0.05) is 24.6 Å². The number of nitrogens with zero attached hydrogens (tertiary/aromatic N) is 1. The normalized spacial score (nSPS) is 31.8. The molecule has 1 heterocycles. The fraction of sp³-hybridized carbons (Fsp3) is 0.652. The number of para-hydroxylation sites is 1. The smallest absolute Gasteiger partial charge is 0.260 e. The van der Waals surface area contributed by atoms with Gasteiger partial charge in [-0.3, -0.25) is 9.59 Å². The molecule has 3 aliphatic rings. The first-order chi connectivity index (χ1) is 14.1. The van der Waals surface area contributed by atoms with E-state index >= 15 is 0 Å². The van der Waals surface area contributed by atoms with E-state index in [0.717, 1.165) is 25.7 Å². The van der Waals surface area contributed by atoms with Crippen LogP contribution in [0.3, 0.4) is 0 Å². The Bertz CT molecular complexity index is 697. The molecule has 3 unspecified atom stereocenters. The number of nitrogens with two attached hydrogens (primary N) is 1. The molecule has 1 saturated heterocycles. The van der Waals surface area contributed by atoms with Gasteiger partial charge in [0.1, 0.15) is 5.75 Å². The van der Waals surface area contributed by atoms with Crippen molar-refractivity contribution in [2.45, 2.75) is 57.0 Å². The molecule has 0 radical (unpaired) electrons. The molecular formula is C23H33N3O3. The van der Waals surface area contributed by atoms with Gasteiger partial charge in [0, 0.05) is 25.2 Å². The second-order valence-corrected chi connectivity index (χ2v) is 9.00. The maximum absolute atomic E-state index is 13.0. The van der Waals surface area contributed by atoms with Gasteiger partial charge in [0.2, 0.25) is 5.91 Å². The van der Waals surface area contributed by atoms with Crippen LogP contribution in [0.4, 0.5) is 0 Å². The van der Waals surface area contributed by atoms with E-state index in [1.165, 1.54) is 19.3 Å². The first kappa shape index (κ1) is 20.2. The number of ether oxygens (including phenoxy) is 1. The molecule has 1 aliphatic heterocycles. The number of amides is 2. The van der Waals surface area contributed by atoms with Crippen molar-refractivity contribution in [3.63, 3.8) is 0 Å². The molecule has 29 heavy (non-hydrogen) atoms. The summed E-state index contributed by atoms with van der Waals surface area (Å²) in [7, 11) is 0. The van der Waals surface area contributed by atoms with E-state index < -0.39 is 0 Å². The van der Waals surface area contributed by atoms with E-state index in [1.54, 1.807) is 4.90 Å². The summed E-state index contributed by atoms with van der Waals surface area (Å²) in [6.45, 7) is 1.21. The molecule has 1 aromatic rings. The SMILES string of the molecule is NC1CC2CCCC(C1)C2NC(=O)C1CCCN(C(=O)COc2ccccc2)C1. The predicted octanol–water partition coefficient (Wildman–Crippen LogP) is 2.33. The van der Waals surface area contributed by atoms with Crippen molar-refractivity contribution in [1.82, 2.24) is 10.2 Å². The van der Waals surface area contributed by atoms with Crippen molar-refractivity contribution in [1.29, 1.82) is 0 Å². The van der Waals surface area contributed by atoms with Crippen molar-refractivity contribution in [2.24, 2.45) is 23.5 Å². The van der Waals surface area contributed by atoms with E-state index in [1.807, 2.05) is 30.3 Å². The molecule has 158 valence electrons. The highest BCUT2D eigenvalue weighted by atomic mass is 16.5. The highest BCUT2D eigenvalue weighted by molar-refractivity contribution is 5.82. The Hall–Kier alpha value is -2.08. The van der Waals surface area contributed by atoms with Crippen LogP contribution in [0.5, 0.6) is 5.75 Å². The number of rotatable bonds is 5. The molecule has 2 amide bonds. The lowest BCUT2D eigenvalue weighted by Gasteiger charge is -2.46. The van der Waals surface area contributed by atoms with Gasteiger partial charge < -0.3 is 20.7 Å². The average molecular weight is 400 g/mol. The second-order valence-electron chi connectivity index (χ2n) is 9.00. The van der Waals surface area contributed by atoms with Crippen molar-refractivity contribution < 1.29 is 14.3 Å². The Kier molecular flexibility index (Phi) is 6.38. The van der Waals surface area contributed by atoms with Gasteiger partial charge in [-0.05, 0) is 62.5 Å². The summed E-state index contributed by atoms with van der Waals surface area (Å²) in [6.07, 6.45) is 7.33. The topological polar surface area (TPSA) is 84.7 Å². The van der Waals surface area contributed by atoms with Crippen LogP contribution in [-0.2, 0) is 9.59 Å². The summed E-state index contributed by atoms with van der Waals surface area (Å²) in [6, 6.07) is 9.91. The summed E-state index contributed by atoms with van der Waals surface area (Å²) >= 11 is 0. The maximum atomic E-state index is 13.0. The summed E-state index contributed by atoms with van der Waals surface area (Å²) in [5, 5.41) is 3.36. The van der Waals surface area contributed by atoms with Crippen LogP contribution in [0, 0.1) is 17.8 Å². The molecule has 6 heteroatoms. The van der Waals surface area contributed by atoms with E-state index in [0.29, 0.717) is 30.7 Å². The van der Waals surface area contributed by atoms with Gasteiger partial charge in [-0.25, -0.2) is 0 Å². The number of benzene rings is 1. The number of nitrogens with one attached hydrogen (secondary N) is 1. The van der Waals surface area contributed by atoms with E-state index in [2.05, 4.69) is 5.32 Å². The van der Waals surface area contributed by atoms with Crippen LogP contribution < -0.4 is 15.8 Å². The van der Waals surface area contributed by atoms with Crippen LogP contribution in [0.15, 0.2) is 30.3 Å². The molecule has 2 saturated carbocycles. The molecule has 6 nitrogen and oxygen atoms in total.